The molecule has 1 saturated carbocycles. The standard InChI is InChI=1S/C30H43N3O5/c1-30(19-11-14-24(21-30)32-27(34)17-7-2-3-8-18-28(35)33-37)22-31-26(20-23-12-5-4-6-13-23)29(36)38-25-15-9-10-16-25/h4-6,11-14,19,25-26,31,37H,2-3,7-10,15-18,20-22H2,1H3,(H,32,34)(H,33,35). The number of rotatable bonds is 15. The van der Waals surface area contributed by atoms with Gasteiger partial charge in [0.2, 0.25) is 11.8 Å². The molecule has 0 aliphatic heterocycles. The summed E-state index contributed by atoms with van der Waals surface area (Å²) in [5.41, 5.74) is 3.33. The molecule has 0 aromatic heterocycles. The molecule has 2 unspecified atom stereocenters. The Kier molecular flexibility index (Phi) is 12.0. The number of allylic oxidation sites excluding steroid dienone is 3. The van der Waals surface area contributed by atoms with Gasteiger partial charge in [-0.05, 0) is 63.0 Å². The van der Waals surface area contributed by atoms with Crippen LogP contribution in [0.4, 0.5) is 0 Å². The zero-order valence-corrected chi connectivity index (χ0v) is 22.5. The minimum atomic E-state index is -0.435. The minimum absolute atomic E-state index is 0.0166. The van der Waals surface area contributed by atoms with Crippen molar-refractivity contribution in [3.05, 3.63) is 59.8 Å². The van der Waals surface area contributed by atoms with Crippen molar-refractivity contribution in [2.45, 2.75) is 96.1 Å². The average Bonchev–Trinajstić information content (AvgIpc) is 3.42. The Morgan fingerprint density at radius 2 is 1.71 bits per heavy atom. The normalized spacial score (nSPS) is 20.0. The molecule has 0 radical (unpaired) electrons. The van der Waals surface area contributed by atoms with E-state index in [1.54, 1.807) is 5.48 Å². The summed E-state index contributed by atoms with van der Waals surface area (Å²) >= 11 is 0. The van der Waals surface area contributed by atoms with E-state index in [0.29, 0.717) is 38.6 Å². The van der Waals surface area contributed by atoms with Gasteiger partial charge in [0.1, 0.15) is 12.1 Å². The number of benzene rings is 1. The maximum absolute atomic E-state index is 13.1. The molecule has 0 bridgehead atoms. The number of nitrogens with one attached hydrogen (secondary N) is 3. The fraction of sp³-hybridized carbons (Fsp3) is 0.567. The highest BCUT2D eigenvalue weighted by Crippen LogP contribution is 2.30. The van der Waals surface area contributed by atoms with Gasteiger partial charge in [-0.25, -0.2) is 5.48 Å². The van der Waals surface area contributed by atoms with E-state index >= 15 is 0 Å². The molecular formula is C30H43N3O5. The highest BCUT2D eigenvalue weighted by atomic mass is 16.5. The van der Waals surface area contributed by atoms with E-state index in [9.17, 15) is 14.4 Å². The number of carbonyl (C=O) groups is 3. The summed E-state index contributed by atoms with van der Waals surface area (Å²) in [5.74, 6) is -0.586. The van der Waals surface area contributed by atoms with Crippen molar-refractivity contribution in [2.75, 3.05) is 6.54 Å². The SMILES string of the molecule is CC1(CNC(Cc2ccccc2)C(=O)OC2CCCC2)C=CC=C(NC(=O)CCCCCCC(=O)NO)C1. The van der Waals surface area contributed by atoms with Crippen LogP contribution in [0.5, 0.6) is 0 Å². The Balaban J connectivity index is 1.46. The molecule has 1 fully saturated rings. The van der Waals surface area contributed by atoms with Gasteiger partial charge in [-0.1, -0.05) is 62.2 Å². The number of hydrogen-bond donors (Lipinski definition) is 4. The van der Waals surface area contributed by atoms with Gasteiger partial charge >= 0.3 is 5.97 Å². The molecule has 2 aliphatic rings. The van der Waals surface area contributed by atoms with Gasteiger partial charge in [0.05, 0.1) is 0 Å². The summed E-state index contributed by atoms with van der Waals surface area (Å²) in [5, 5.41) is 15.0. The van der Waals surface area contributed by atoms with E-state index < -0.39 is 6.04 Å². The van der Waals surface area contributed by atoms with Crippen molar-refractivity contribution in [1.29, 1.82) is 0 Å². The highest BCUT2D eigenvalue weighted by molar-refractivity contribution is 5.78. The van der Waals surface area contributed by atoms with Gasteiger partial charge in [-0.15, -0.1) is 0 Å². The van der Waals surface area contributed by atoms with Crippen LogP contribution in [0.1, 0.15) is 83.1 Å². The molecule has 208 valence electrons. The Morgan fingerprint density at radius 3 is 2.39 bits per heavy atom. The second-order valence-corrected chi connectivity index (χ2v) is 10.8. The van der Waals surface area contributed by atoms with Crippen molar-refractivity contribution in [2.24, 2.45) is 5.41 Å². The van der Waals surface area contributed by atoms with E-state index in [1.807, 2.05) is 42.5 Å². The van der Waals surface area contributed by atoms with Gasteiger partial charge < -0.3 is 15.4 Å². The summed E-state index contributed by atoms with van der Waals surface area (Å²) in [7, 11) is 0. The Hall–Kier alpha value is -2.97. The molecule has 0 saturated heterocycles. The summed E-state index contributed by atoms with van der Waals surface area (Å²) in [6.45, 7) is 2.70. The first-order valence-electron chi connectivity index (χ1n) is 14.0. The number of carbonyl (C=O) groups excluding carboxylic acids is 3. The van der Waals surface area contributed by atoms with Gasteiger partial charge in [-0.3, -0.25) is 19.6 Å². The fourth-order valence-electron chi connectivity index (χ4n) is 5.08. The first-order valence-corrected chi connectivity index (χ1v) is 14.0. The Labute approximate surface area is 226 Å². The molecule has 8 nitrogen and oxygen atoms in total. The lowest BCUT2D eigenvalue weighted by Crippen LogP contribution is -2.46. The van der Waals surface area contributed by atoms with Crippen molar-refractivity contribution in [1.82, 2.24) is 16.1 Å². The zero-order chi connectivity index (χ0) is 27.2. The van der Waals surface area contributed by atoms with Crippen LogP contribution in [0, 0.1) is 5.41 Å². The monoisotopic (exact) mass is 525 g/mol. The predicted octanol–water partition coefficient (Wildman–Crippen LogP) is 4.49. The van der Waals surface area contributed by atoms with E-state index in [-0.39, 0.29) is 29.3 Å². The minimum Gasteiger partial charge on any atom is -0.461 e. The molecule has 2 amide bonds. The maximum Gasteiger partial charge on any atom is 0.323 e. The van der Waals surface area contributed by atoms with Crippen LogP contribution in [0.2, 0.25) is 0 Å². The summed E-state index contributed by atoms with van der Waals surface area (Å²) in [4.78, 5) is 36.6. The van der Waals surface area contributed by atoms with E-state index in [4.69, 9.17) is 9.94 Å². The zero-order valence-electron chi connectivity index (χ0n) is 22.5. The highest BCUT2D eigenvalue weighted by Gasteiger charge is 2.30. The fourth-order valence-corrected chi connectivity index (χ4v) is 5.08. The molecule has 3 rings (SSSR count). The first kappa shape index (κ1) is 29.6. The Bertz CT molecular complexity index is 971. The van der Waals surface area contributed by atoms with Gasteiger partial charge in [0.25, 0.3) is 0 Å². The Morgan fingerprint density at radius 1 is 1.03 bits per heavy atom. The number of unbranched alkanes of at least 4 members (excludes halogenated alkanes) is 3. The third-order valence-corrected chi connectivity index (χ3v) is 7.28. The van der Waals surface area contributed by atoms with Crippen LogP contribution in [0.15, 0.2) is 54.3 Å². The van der Waals surface area contributed by atoms with Crippen LogP contribution >= 0.6 is 0 Å². The molecule has 38 heavy (non-hydrogen) atoms. The predicted molar refractivity (Wildman–Crippen MR) is 146 cm³/mol. The largest absolute Gasteiger partial charge is 0.461 e. The topological polar surface area (TPSA) is 117 Å². The number of ether oxygens (including phenoxy) is 1. The molecule has 1 aromatic rings. The molecule has 0 spiro atoms. The number of hydrogen-bond acceptors (Lipinski definition) is 6. The second-order valence-electron chi connectivity index (χ2n) is 10.8. The van der Waals surface area contributed by atoms with Gasteiger partial charge in [-0.2, -0.15) is 0 Å². The molecule has 2 atom stereocenters. The number of esters is 1. The van der Waals surface area contributed by atoms with Crippen LogP contribution in [0.3, 0.4) is 0 Å². The van der Waals surface area contributed by atoms with E-state index in [2.05, 4.69) is 23.6 Å². The lowest BCUT2D eigenvalue weighted by molar-refractivity contribution is -0.151. The van der Waals surface area contributed by atoms with Crippen LogP contribution < -0.4 is 16.1 Å². The smallest absolute Gasteiger partial charge is 0.323 e. The van der Waals surface area contributed by atoms with Crippen molar-refractivity contribution < 1.29 is 24.3 Å². The summed E-state index contributed by atoms with van der Waals surface area (Å²) in [6.07, 6.45) is 15.2. The van der Waals surface area contributed by atoms with Gasteiger partial charge in [0.15, 0.2) is 0 Å². The molecule has 0 heterocycles. The molecule has 4 N–H and O–H groups in total. The molecule has 1 aromatic carbocycles. The maximum atomic E-state index is 13.1. The summed E-state index contributed by atoms with van der Waals surface area (Å²) in [6, 6.07) is 9.56. The number of amides is 2. The van der Waals surface area contributed by atoms with Crippen LogP contribution in [-0.4, -0.2) is 41.7 Å². The first-order chi connectivity index (χ1) is 18.4. The van der Waals surface area contributed by atoms with Crippen molar-refractivity contribution in [3.63, 3.8) is 0 Å². The van der Waals surface area contributed by atoms with Crippen molar-refractivity contribution >= 4 is 17.8 Å². The molecule has 2 aliphatic carbocycles. The number of hydroxylamine groups is 1. The van der Waals surface area contributed by atoms with Crippen molar-refractivity contribution in [3.8, 4) is 0 Å². The average molecular weight is 526 g/mol. The van der Waals surface area contributed by atoms with E-state index in [0.717, 1.165) is 56.2 Å². The quantitative estimate of drug-likeness (QED) is 0.116. The summed E-state index contributed by atoms with van der Waals surface area (Å²) < 4.78 is 5.85. The van der Waals surface area contributed by atoms with Crippen LogP contribution in [-0.2, 0) is 25.5 Å². The third-order valence-electron chi connectivity index (χ3n) is 7.28. The van der Waals surface area contributed by atoms with Crippen LogP contribution in [0.25, 0.3) is 0 Å². The second kappa shape index (κ2) is 15.4. The lowest BCUT2D eigenvalue weighted by Gasteiger charge is -2.32. The van der Waals surface area contributed by atoms with Gasteiger partial charge in [0, 0.05) is 30.5 Å². The van der Waals surface area contributed by atoms with E-state index in [1.165, 1.54) is 0 Å². The molecule has 8 heteroatoms. The third kappa shape index (κ3) is 10.4. The lowest BCUT2D eigenvalue weighted by atomic mass is 9.81. The molecular weight excluding hydrogens is 482 g/mol.